The molecule has 2 N–H and O–H groups in total. The Labute approximate surface area is 100 Å². The van der Waals surface area contributed by atoms with Crippen molar-refractivity contribution in [1.29, 1.82) is 0 Å². The number of aromatic amines is 1. The van der Waals surface area contributed by atoms with Gasteiger partial charge in [-0.05, 0) is 37.5 Å². The monoisotopic (exact) mass is 229 g/mol. The van der Waals surface area contributed by atoms with E-state index in [4.69, 9.17) is 0 Å². The normalized spacial score (nSPS) is 10.3. The molecule has 1 aromatic carbocycles. The molecular formula is C13H15N3O. The van der Waals surface area contributed by atoms with Gasteiger partial charge < -0.3 is 5.32 Å². The lowest BCUT2D eigenvalue weighted by Crippen LogP contribution is -2.15. The first kappa shape index (κ1) is 11.4. The third kappa shape index (κ3) is 2.20. The van der Waals surface area contributed by atoms with Gasteiger partial charge in [0.15, 0.2) is 0 Å². The van der Waals surface area contributed by atoms with E-state index in [0.29, 0.717) is 5.69 Å². The molecule has 0 aliphatic heterocycles. The van der Waals surface area contributed by atoms with Gasteiger partial charge in [0, 0.05) is 5.69 Å². The summed E-state index contributed by atoms with van der Waals surface area (Å²) in [5.74, 6) is -0.155. The number of aromatic nitrogens is 2. The number of benzene rings is 1. The summed E-state index contributed by atoms with van der Waals surface area (Å²) >= 11 is 0. The number of aryl methyl sites for hydroxylation is 3. The Morgan fingerprint density at radius 1 is 1.18 bits per heavy atom. The zero-order valence-corrected chi connectivity index (χ0v) is 10.2. The van der Waals surface area contributed by atoms with E-state index in [9.17, 15) is 4.79 Å². The second kappa shape index (κ2) is 4.41. The first-order valence-electron chi connectivity index (χ1n) is 5.47. The maximum absolute atomic E-state index is 12.0. The van der Waals surface area contributed by atoms with Gasteiger partial charge >= 0.3 is 0 Å². The SMILES string of the molecule is Cc1cn[nH]c1C(=O)Nc1c(C)cccc1C. The third-order valence-electron chi connectivity index (χ3n) is 2.78. The largest absolute Gasteiger partial charge is 0.320 e. The van der Waals surface area contributed by atoms with Crippen molar-refractivity contribution in [1.82, 2.24) is 10.2 Å². The first-order chi connectivity index (χ1) is 8.09. The van der Waals surface area contributed by atoms with Gasteiger partial charge in [0.25, 0.3) is 5.91 Å². The quantitative estimate of drug-likeness (QED) is 0.831. The van der Waals surface area contributed by atoms with Gasteiger partial charge in [-0.1, -0.05) is 18.2 Å². The van der Waals surface area contributed by atoms with Crippen molar-refractivity contribution in [3.8, 4) is 0 Å². The second-order valence-corrected chi connectivity index (χ2v) is 4.15. The highest BCUT2D eigenvalue weighted by molar-refractivity contribution is 6.04. The molecule has 88 valence electrons. The summed E-state index contributed by atoms with van der Waals surface area (Å²) in [5.41, 5.74) is 4.32. The van der Waals surface area contributed by atoms with Crippen LogP contribution in [0.25, 0.3) is 0 Å². The zero-order chi connectivity index (χ0) is 12.4. The number of nitrogens with zero attached hydrogens (tertiary/aromatic N) is 1. The Morgan fingerprint density at radius 3 is 2.35 bits per heavy atom. The topological polar surface area (TPSA) is 57.8 Å². The summed E-state index contributed by atoms with van der Waals surface area (Å²) in [6, 6.07) is 5.92. The zero-order valence-electron chi connectivity index (χ0n) is 10.2. The average Bonchev–Trinajstić information content (AvgIpc) is 2.70. The number of hydrogen-bond acceptors (Lipinski definition) is 2. The summed E-state index contributed by atoms with van der Waals surface area (Å²) in [6.45, 7) is 5.80. The average molecular weight is 229 g/mol. The molecule has 0 atom stereocenters. The van der Waals surface area contributed by atoms with Crippen LogP contribution in [0.4, 0.5) is 5.69 Å². The van der Waals surface area contributed by atoms with Crippen LogP contribution in [0.5, 0.6) is 0 Å². The Balaban J connectivity index is 2.28. The second-order valence-electron chi connectivity index (χ2n) is 4.15. The fraction of sp³-hybridized carbons (Fsp3) is 0.231. The Morgan fingerprint density at radius 2 is 1.82 bits per heavy atom. The van der Waals surface area contributed by atoms with Gasteiger partial charge in [-0.25, -0.2) is 0 Å². The lowest BCUT2D eigenvalue weighted by Gasteiger charge is -2.10. The van der Waals surface area contributed by atoms with Gasteiger partial charge in [-0.2, -0.15) is 5.10 Å². The number of carbonyl (C=O) groups is 1. The molecule has 0 unspecified atom stereocenters. The van der Waals surface area contributed by atoms with Crippen molar-refractivity contribution in [2.75, 3.05) is 5.32 Å². The molecule has 1 aromatic heterocycles. The lowest BCUT2D eigenvalue weighted by atomic mass is 10.1. The smallest absolute Gasteiger partial charge is 0.273 e. The third-order valence-corrected chi connectivity index (χ3v) is 2.78. The van der Waals surface area contributed by atoms with E-state index in [-0.39, 0.29) is 5.91 Å². The molecule has 0 fully saturated rings. The predicted octanol–water partition coefficient (Wildman–Crippen LogP) is 2.59. The van der Waals surface area contributed by atoms with E-state index in [2.05, 4.69) is 15.5 Å². The van der Waals surface area contributed by atoms with Crippen LogP contribution < -0.4 is 5.32 Å². The van der Waals surface area contributed by atoms with Crippen LogP contribution in [-0.4, -0.2) is 16.1 Å². The van der Waals surface area contributed by atoms with Gasteiger partial charge in [-0.3, -0.25) is 9.89 Å². The van der Waals surface area contributed by atoms with Crippen LogP contribution >= 0.6 is 0 Å². The van der Waals surface area contributed by atoms with E-state index in [0.717, 1.165) is 22.4 Å². The minimum Gasteiger partial charge on any atom is -0.320 e. The summed E-state index contributed by atoms with van der Waals surface area (Å²) in [7, 11) is 0. The molecule has 4 heteroatoms. The van der Waals surface area contributed by atoms with Crippen molar-refractivity contribution in [2.45, 2.75) is 20.8 Å². The van der Waals surface area contributed by atoms with Crippen LogP contribution in [0.15, 0.2) is 24.4 Å². The molecule has 0 bridgehead atoms. The Kier molecular flexibility index (Phi) is 2.95. The van der Waals surface area contributed by atoms with Crippen molar-refractivity contribution in [3.05, 3.63) is 46.8 Å². The molecule has 0 saturated carbocycles. The molecule has 0 spiro atoms. The molecule has 2 aromatic rings. The van der Waals surface area contributed by atoms with E-state index >= 15 is 0 Å². The highest BCUT2D eigenvalue weighted by atomic mass is 16.1. The van der Waals surface area contributed by atoms with Crippen molar-refractivity contribution in [2.24, 2.45) is 0 Å². The molecule has 2 rings (SSSR count). The molecule has 17 heavy (non-hydrogen) atoms. The molecule has 0 aliphatic rings. The van der Waals surface area contributed by atoms with Crippen molar-refractivity contribution >= 4 is 11.6 Å². The maximum Gasteiger partial charge on any atom is 0.273 e. The van der Waals surface area contributed by atoms with Crippen LogP contribution in [0, 0.1) is 20.8 Å². The van der Waals surface area contributed by atoms with Gasteiger partial charge in [-0.15, -0.1) is 0 Å². The van der Waals surface area contributed by atoms with E-state index in [1.807, 2.05) is 39.0 Å². The van der Waals surface area contributed by atoms with Gasteiger partial charge in [0.2, 0.25) is 0 Å². The Bertz CT molecular complexity index is 537. The van der Waals surface area contributed by atoms with Crippen LogP contribution in [0.3, 0.4) is 0 Å². The predicted molar refractivity (Wildman–Crippen MR) is 67.2 cm³/mol. The molecular weight excluding hydrogens is 214 g/mol. The first-order valence-corrected chi connectivity index (χ1v) is 5.47. The molecule has 1 heterocycles. The fourth-order valence-electron chi connectivity index (χ4n) is 1.76. The van der Waals surface area contributed by atoms with Gasteiger partial charge in [0.05, 0.1) is 6.20 Å². The van der Waals surface area contributed by atoms with Crippen molar-refractivity contribution in [3.63, 3.8) is 0 Å². The summed E-state index contributed by atoms with van der Waals surface area (Å²) in [4.78, 5) is 12.0. The highest BCUT2D eigenvalue weighted by Gasteiger charge is 2.13. The molecule has 0 aliphatic carbocycles. The lowest BCUT2D eigenvalue weighted by molar-refractivity contribution is 0.102. The van der Waals surface area contributed by atoms with E-state index < -0.39 is 0 Å². The minimum absolute atomic E-state index is 0.155. The number of carbonyl (C=O) groups excluding carboxylic acids is 1. The highest BCUT2D eigenvalue weighted by Crippen LogP contribution is 2.20. The van der Waals surface area contributed by atoms with Crippen LogP contribution in [0.2, 0.25) is 0 Å². The van der Waals surface area contributed by atoms with E-state index in [1.54, 1.807) is 6.20 Å². The number of rotatable bonds is 2. The van der Waals surface area contributed by atoms with Gasteiger partial charge in [0.1, 0.15) is 5.69 Å². The van der Waals surface area contributed by atoms with E-state index in [1.165, 1.54) is 0 Å². The minimum atomic E-state index is -0.155. The molecule has 4 nitrogen and oxygen atoms in total. The number of para-hydroxylation sites is 1. The molecule has 0 radical (unpaired) electrons. The molecule has 0 saturated heterocycles. The summed E-state index contributed by atoms with van der Waals surface area (Å²) < 4.78 is 0. The number of amides is 1. The number of hydrogen-bond donors (Lipinski definition) is 2. The van der Waals surface area contributed by atoms with Crippen LogP contribution in [-0.2, 0) is 0 Å². The number of anilines is 1. The fourth-order valence-corrected chi connectivity index (χ4v) is 1.76. The summed E-state index contributed by atoms with van der Waals surface area (Å²) in [6.07, 6.45) is 1.64. The molecule has 1 amide bonds. The maximum atomic E-state index is 12.0. The standard InChI is InChI=1S/C13H15N3O/c1-8-5-4-6-9(2)11(8)15-13(17)12-10(3)7-14-16-12/h4-7H,1-3H3,(H,14,16)(H,15,17). The number of H-pyrrole nitrogens is 1. The van der Waals surface area contributed by atoms with Crippen LogP contribution in [0.1, 0.15) is 27.2 Å². The number of nitrogens with one attached hydrogen (secondary N) is 2. The summed E-state index contributed by atoms with van der Waals surface area (Å²) in [5, 5.41) is 9.46. The Hall–Kier alpha value is -2.10. The van der Waals surface area contributed by atoms with Crippen molar-refractivity contribution < 1.29 is 4.79 Å².